The molecule has 1 aromatic rings. The molecule has 1 heterocycles. The number of hydrogen-bond donors (Lipinski definition) is 2. The van der Waals surface area contributed by atoms with Crippen molar-refractivity contribution in [2.24, 2.45) is 11.8 Å². The Morgan fingerprint density at radius 1 is 1.45 bits per heavy atom. The van der Waals surface area contributed by atoms with Gasteiger partial charge in [-0.1, -0.05) is 31.5 Å². The lowest BCUT2D eigenvalue weighted by Crippen LogP contribution is -2.44. The molecule has 1 aliphatic heterocycles. The lowest BCUT2D eigenvalue weighted by Gasteiger charge is -2.28. The summed E-state index contributed by atoms with van der Waals surface area (Å²) in [6.07, 6.45) is 0.866. The van der Waals surface area contributed by atoms with Crippen LogP contribution in [0, 0.1) is 17.7 Å². The van der Waals surface area contributed by atoms with E-state index in [1.165, 1.54) is 6.07 Å². The largest absolute Gasteiger partial charge is 0.355 e. The summed E-state index contributed by atoms with van der Waals surface area (Å²) in [5.74, 6) is -0.864. The standard InChI is InChI=1S/C16H20ClFN2O2/c1-9(2)15(12-5-4-11(17)7-13(12)18)20-16(22)10-3-6-14(21)19-8-10/h4-5,7,9-10,15H,3,6,8H2,1-2H3,(H,19,21)(H,20,22). The summed E-state index contributed by atoms with van der Waals surface area (Å²) >= 11 is 5.77. The van der Waals surface area contributed by atoms with Crippen LogP contribution in [0.2, 0.25) is 5.02 Å². The molecule has 2 unspecified atom stereocenters. The van der Waals surface area contributed by atoms with E-state index in [9.17, 15) is 14.0 Å². The number of hydrogen-bond acceptors (Lipinski definition) is 2. The van der Waals surface area contributed by atoms with Crippen LogP contribution in [0.1, 0.15) is 38.3 Å². The number of halogens is 2. The molecule has 1 aromatic carbocycles. The number of rotatable bonds is 4. The topological polar surface area (TPSA) is 58.2 Å². The molecule has 120 valence electrons. The summed E-state index contributed by atoms with van der Waals surface area (Å²) < 4.78 is 14.1. The van der Waals surface area contributed by atoms with Gasteiger partial charge in [-0.3, -0.25) is 9.59 Å². The normalized spacial score (nSPS) is 19.7. The molecule has 1 fully saturated rings. The molecule has 6 heteroatoms. The van der Waals surface area contributed by atoms with Gasteiger partial charge in [0.05, 0.1) is 12.0 Å². The van der Waals surface area contributed by atoms with E-state index in [2.05, 4.69) is 10.6 Å². The summed E-state index contributed by atoms with van der Waals surface area (Å²) in [6.45, 7) is 4.17. The Kier molecular flexibility index (Phi) is 5.40. The maximum Gasteiger partial charge on any atom is 0.225 e. The van der Waals surface area contributed by atoms with Crippen molar-refractivity contribution in [3.8, 4) is 0 Å². The van der Waals surface area contributed by atoms with Crippen LogP contribution in [0.25, 0.3) is 0 Å². The molecule has 1 saturated heterocycles. The van der Waals surface area contributed by atoms with Crippen molar-refractivity contribution < 1.29 is 14.0 Å². The van der Waals surface area contributed by atoms with E-state index in [0.717, 1.165) is 0 Å². The third kappa shape index (κ3) is 3.97. The summed E-state index contributed by atoms with van der Waals surface area (Å²) in [4.78, 5) is 23.5. The van der Waals surface area contributed by atoms with E-state index in [-0.39, 0.29) is 23.7 Å². The van der Waals surface area contributed by atoms with Gasteiger partial charge < -0.3 is 10.6 Å². The van der Waals surface area contributed by atoms with Crippen molar-refractivity contribution in [1.82, 2.24) is 10.6 Å². The first-order chi connectivity index (χ1) is 10.4. The third-order valence-electron chi connectivity index (χ3n) is 3.90. The molecule has 4 nitrogen and oxygen atoms in total. The molecule has 0 radical (unpaired) electrons. The highest BCUT2D eigenvalue weighted by atomic mass is 35.5. The number of carbonyl (C=O) groups is 2. The van der Waals surface area contributed by atoms with Crippen molar-refractivity contribution in [3.63, 3.8) is 0 Å². The lowest BCUT2D eigenvalue weighted by molar-refractivity contribution is -0.129. The average Bonchev–Trinajstić information content (AvgIpc) is 2.45. The van der Waals surface area contributed by atoms with Crippen molar-refractivity contribution in [1.29, 1.82) is 0 Å². The van der Waals surface area contributed by atoms with Crippen molar-refractivity contribution in [2.45, 2.75) is 32.7 Å². The molecule has 0 saturated carbocycles. The molecule has 2 N–H and O–H groups in total. The number of carbonyl (C=O) groups excluding carboxylic acids is 2. The molecular formula is C16H20ClFN2O2. The number of piperidine rings is 1. The first-order valence-corrected chi connectivity index (χ1v) is 7.78. The van der Waals surface area contributed by atoms with E-state index < -0.39 is 11.9 Å². The highest BCUT2D eigenvalue weighted by molar-refractivity contribution is 6.30. The number of benzene rings is 1. The molecule has 0 spiro atoms. The van der Waals surface area contributed by atoms with Gasteiger partial charge in [-0.2, -0.15) is 0 Å². The molecular weight excluding hydrogens is 307 g/mol. The molecule has 2 rings (SSSR count). The summed E-state index contributed by atoms with van der Waals surface area (Å²) in [6, 6.07) is 4.04. The average molecular weight is 327 g/mol. The van der Waals surface area contributed by atoms with E-state index in [1.807, 2.05) is 13.8 Å². The molecule has 0 bridgehead atoms. The second-order valence-electron chi connectivity index (χ2n) is 5.94. The van der Waals surface area contributed by atoms with Crippen LogP contribution in [0.5, 0.6) is 0 Å². The minimum atomic E-state index is -0.428. The van der Waals surface area contributed by atoms with Crippen molar-refractivity contribution in [2.75, 3.05) is 6.54 Å². The van der Waals surface area contributed by atoms with E-state index in [4.69, 9.17) is 11.6 Å². The Labute approximate surface area is 134 Å². The van der Waals surface area contributed by atoms with Crippen LogP contribution in [-0.2, 0) is 9.59 Å². The second kappa shape index (κ2) is 7.09. The maximum absolute atomic E-state index is 14.1. The Hall–Kier alpha value is -1.62. The van der Waals surface area contributed by atoms with Gasteiger partial charge >= 0.3 is 0 Å². The molecule has 2 amide bonds. The second-order valence-corrected chi connectivity index (χ2v) is 6.37. The van der Waals surface area contributed by atoms with Crippen molar-refractivity contribution in [3.05, 3.63) is 34.6 Å². The maximum atomic E-state index is 14.1. The molecule has 22 heavy (non-hydrogen) atoms. The van der Waals surface area contributed by atoms with E-state index in [1.54, 1.807) is 12.1 Å². The Bertz CT molecular complexity index is 567. The van der Waals surface area contributed by atoms with Gasteiger partial charge in [0, 0.05) is 23.6 Å². The van der Waals surface area contributed by atoms with Crippen molar-refractivity contribution >= 4 is 23.4 Å². The van der Waals surface area contributed by atoms with Crippen LogP contribution in [-0.4, -0.2) is 18.4 Å². The zero-order chi connectivity index (χ0) is 16.3. The smallest absolute Gasteiger partial charge is 0.225 e. The highest BCUT2D eigenvalue weighted by Gasteiger charge is 2.28. The highest BCUT2D eigenvalue weighted by Crippen LogP contribution is 2.27. The van der Waals surface area contributed by atoms with Gasteiger partial charge in [0.15, 0.2) is 0 Å². The zero-order valence-corrected chi connectivity index (χ0v) is 13.4. The SMILES string of the molecule is CC(C)C(NC(=O)C1CCC(=O)NC1)c1ccc(Cl)cc1F. The van der Waals surface area contributed by atoms with E-state index in [0.29, 0.717) is 30.0 Å². The Balaban J connectivity index is 2.12. The number of nitrogens with one attached hydrogen (secondary N) is 2. The first-order valence-electron chi connectivity index (χ1n) is 7.40. The number of amides is 2. The fraction of sp³-hybridized carbons (Fsp3) is 0.500. The van der Waals surface area contributed by atoms with Crippen LogP contribution in [0.15, 0.2) is 18.2 Å². The van der Waals surface area contributed by atoms with Crippen LogP contribution in [0.4, 0.5) is 4.39 Å². The summed E-state index contributed by atoms with van der Waals surface area (Å²) in [5.41, 5.74) is 0.424. The molecule has 1 aliphatic rings. The van der Waals surface area contributed by atoms with Gasteiger partial charge in [-0.15, -0.1) is 0 Å². The minimum Gasteiger partial charge on any atom is -0.355 e. The van der Waals surface area contributed by atoms with Crippen LogP contribution >= 0.6 is 11.6 Å². The predicted molar refractivity (Wildman–Crippen MR) is 82.9 cm³/mol. The molecule has 0 aliphatic carbocycles. The zero-order valence-electron chi connectivity index (χ0n) is 12.7. The molecule has 0 aromatic heterocycles. The van der Waals surface area contributed by atoms with Crippen LogP contribution < -0.4 is 10.6 Å². The predicted octanol–water partition coefficient (Wildman–Crippen LogP) is 2.82. The quantitative estimate of drug-likeness (QED) is 0.894. The fourth-order valence-electron chi connectivity index (χ4n) is 2.58. The Morgan fingerprint density at radius 2 is 2.18 bits per heavy atom. The monoisotopic (exact) mass is 326 g/mol. The molecule has 2 atom stereocenters. The van der Waals surface area contributed by atoms with Gasteiger partial charge in [-0.25, -0.2) is 4.39 Å². The van der Waals surface area contributed by atoms with Crippen LogP contribution in [0.3, 0.4) is 0 Å². The minimum absolute atomic E-state index is 0.0257. The lowest BCUT2D eigenvalue weighted by atomic mass is 9.93. The Morgan fingerprint density at radius 3 is 2.73 bits per heavy atom. The van der Waals surface area contributed by atoms with Gasteiger partial charge in [0.25, 0.3) is 0 Å². The third-order valence-corrected chi connectivity index (χ3v) is 4.13. The summed E-state index contributed by atoms with van der Waals surface area (Å²) in [7, 11) is 0. The fourth-order valence-corrected chi connectivity index (χ4v) is 2.74. The van der Waals surface area contributed by atoms with Gasteiger partial charge in [-0.05, 0) is 24.5 Å². The summed E-state index contributed by atoms with van der Waals surface area (Å²) in [5, 5.41) is 5.91. The van der Waals surface area contributed by atoms with E-state index >= 15 is 0 Å². The first kappa shape index (κ1) is 16.7. The van der Waals surface area contributed by atoms with Gasteiger partial charge in [0.1, 0.15) is 5.82 Å². The van der Waals surface area contributed by atoms with Gasteiger partial charge in [0.2, 0.25) is 11.8 Å².